The van der Waals surface area contributed by atoms with Gasteiger partial charge in [-0.15, -0.1) is 11.3 Å². The predicted molar refractivity (Wildman–Crippen MR) is 139 cm³/mol. The number of nitrogens with zero attached hydrogens (tertiary/aromatic N) is 4. The molecule has 8 nitrogen and oxygen atoms in total. The number of carbonyl (C=O) groups excluding carboxylic acids is 2. The number of likely N-dealkylation sites (tertiary alicyclic amines) is 1. The minimum atomic E-state index is -0.291. The quantitative estimate of drug-likeness (QED) is 0.498. The molecule has 2 fully saturated rings. The van der Waals surface area contributed by atoms with Crippen molar-refractivity contribution in [1.29, 1.82) is 0 Å². The van der Waals surface area contributed by atoms with Crippen LogP contribution in [0.3, 0.4) is 0 Å². The van der Waals surface area contributed by atoms with E-state index in [-0.39, 0.29) is 17.7 Å². The van der Waals surface area contributed by atoms with Crippen LogP contribution in [-0.4, -0.2) is 51.9 Å². The summed E-state index contributed by atoms with van der Waals surface area (Å²) < 4.78 is 5.63. The average Bonchev–Trinajstić information content (AvgIpc) is 3.41. The summed E-state index contributed by atoms with van der Waals surface area (Å²) in [5.74, 6) is 0.792. The Balaban J connectivity index is 1.27. The fourth-order valence-corrected chi connectivity index (χ4v) is 5.95. The van der Waals surface area contributed by atoms with Crippen LogP contribution in [0.4, 0.5) is 5.13 Å². The summed E-state index contributed by atoms with van der Waals surface area (Å²) in [6.45, 7) is 0.981. The van der Waals surface area contributed by atoms with Crippen LogP contribution in [-0.2, 0) is 4.79 Å². The molecule has 2 amide bonds. The molecule has 0 bridgehead atoms. The molecule has 3 heterocycles. The van der Waals surface area contributed by atoms with E-state index < -0.39 is 0 Å². The molecular weight excluding hydrogens is 474 g/mol. The number of amides is 2. The number of anilines is 1. The fourth-order valence-electron chi connectivity index (χ4n) is 5.23. The number of thiazole rings is 1. The SMILES string of the molecule is COc1ccc(C2CCCCC2)cc1-c1csc(NC(=O)C2CCCN(C(=O)c3ccncn3)C2)n1. The van der Waals surface area contributed by atoms with Gasteiger partial charge < -0.3 is 15.0 Å². The highest BCUT2D eigenvalue weighted by Crippen LogP contribution is 2.38. The summed E-state index contributed by atoms with van der Waals surface area (Å²) in [7, 11) is 1.67. The topological polar surface area (TPSA) is 97.3 Å². The molecular formula is C27H31N5O3S. The van der Waals surface area contributed by atoms with E-state index in [0.717, 1.165) is 29.8 Å². The van der Waals surface area contributed by atoms with Crippen molar-refractivity contribution in [2.24, 2.45) is 5.92 Å². The van der Waals surface area contributed by atoms with E-state index in [1.165, 1.54) is 55.3 Å². The van der Waals surface area contributed by atoms with Crippen LogP contribution < -0.4 is 10.1 Å². The zero-order chi connectivity index (χ0) is 24.9. The molecule has 1 saturated carbocycles. The smallest absolute Gasteiger partial charge is 0.272 e. The number of aromatic nitrogens is 3. The predicted octanol–water partition coefficient (Wildman–Crippen LogP) is 5.15. The van der Waals surface area contributed by atoms with E-state index in [1.54, 1.807) is 24.3 Å². The molecule has 0 radical (unpaired) electrons. The highest BCUT2D eigenvalue weighted by Gasteiger charge is 2.30. The first kappa shape index (κ1) is 24.4. The lowest BCUT2D eigenvalue weighted by atomic mass is 9.83. The Kier molecular flexibility index (Phi) is 7.55. The van der Waals surface area contributed by atoms with E-state index in [2.05, 4.69) is 27.4 Å². The lowest BCUT2D eigenvalue weighted by Gasteiger charge is -2.31. The molecule has 3 aromatic rings. The molecule has 0 spiro atoms. The second kappa shape index (κ2) is 11.2. The molecule has 1 unspecified atom stereocenters. The van der Waals surface area contributed by atoms with Gasteiger partial charge in [-0.3, -0.25) is 9.59 Å². The third-order valence-corrected chi connectivity index (χ3v) is 7.95. The lowest BCUT2D eigenvalue weighted by molar-refractivity contribution is -0.121. The number of rotatable bonds is 6. The van der Waals surface area contributed by atoms with Gasteiger partial charge in [0.05, 0.1) is 18.7 Å². The van der Waals surface area contributed by atoms with Gasteiger partial charge >= 0.3 is 0 Å². The summed E-state index contributed by atoms with van der Waals surface area (Å²) in [6, 6.07) is 8.00. The van der Waals surface area contributed by atoms with E-state index in [9.17, 15) is 9.59 Å². The van der Waals surface area contributed by atoms with Crippen LogP contribution in [0.15, 0.2) is 42.2 Å². The Hall–Kier alpha value is -3.33. The van der Waals surface area contributed by atoms with Crippen molar-refractivity contribution in [2.45, 2.75) is 50.9 Å². The molecule has 5 rings (SSSR count). The maximum atomic E-state index is 13.1. The molecule has 2 aliphatic rings. The number of benzene rings is 1. The number of ether oxygens (including phenoxy) is 1. The van der Waals surface area contributed by atoms with Crippen molar-refractivity contribution >= 4 is 28.3 Å². The van der Waals surface area contributed by atoms with E-state index in [4.69, 9.17) is 9.72 Å². The summed E-state index contributed by atoms with van der Waals surface area (Å²) in [4.78, 5) is 40.2. The van der Waals surface area contributed by atoms with Crippen molar-refractivity contribution < 1.29 is 14.3 Å². The molecule has 9 heteroatoms. The largest absolute Gasteiger partial charge is 0.496 e. The number of nitrogens with one attached hydrogen (secondary N) is 1. The highest BCUT2D eigenvalue weighted by molar-refractivity contribution is 7.14. The van der Waals surface area contributed by atoms with Crippen molar-refractivity contribution in [2.75, 3.05) is 25.5 Å². The molecule has 1 atom stereocenters. The molecule has 1 N–H and O–H groups in total. The zero-order valence-electron chi connectivity index (χ0n) is 20.5. The van der Waals surface area contributed by atoms with Crippen molar-refractivity contribution in [1.82, 2.24) is 19.9 Å². The van der Waals surface area contributed by atoms with Gasteiger partial charge in [0.2, 0.25) is 5.91 Å². The monoisotopic (exact) mass is 505 g/mol. The van der Waals surface area contributed by atoms with E-state index in [0.29, 0.717) is 29.8 Å². The van der Waals surface area contributed by atoms with Gasteiger partial charge in [0.25, 0.3) is 5.91 Å². The van der Waals surface area contributed by atoms with Gasteiger partial charge in [0.1, 0.15) is 17.8 Å². The second-order valence-corrected chi connectivity index (χ2v) is 10.4. The van der Waals surface area contributed by atoms with Gasteiger partial charge in [-0.25, -0.2) is 15.0 Å². The Bertz CT molecular complexity index is 1210. The van der Waals surface area contributed by atoms with E-state index >= 15 is 0 Å². The summed E-state index contributed by atoms with van der Waals surface area (Å²) in [5.41, 5.74) is 3.44. The number of hydrogen-bond donors (Lipinski definition) is 1. The van der Waals surface area contributed by atoms with Crippen LogP contribution in [0, 0.1) is 5.92 Å². The lowest BCUT2D eigenvalue weighted by Crippen LogP contribution is -2.44. The average molecular weight is 506 g/mol. The summed E-state index contributed by atoms with van der Waals surface area (Å²) in [5, 5.41) is 5.50. The number of carbonyl (C=O) groups is 2. The van der Waals surface area contributed by atoms with Crippen molar-refractivity contribution in [3.8, 4) is 17.0 Å². The maximum Gasteiger partial charge on any atom is 0.272 e. The van der Waals surface area contributed by atoms with Crippen LogP contribution in [0.25, 0.3) is 11.3 Å². The van der Waals surface area contributed by atoms with Crippen molar-refractivity contribution in [3.63, 3.8) is 0 Å². The minimum Gasteiger partial charge on any atom is -0.496 e. The maximum absolute atomic E-state index is 13.1. The second-order valence-electron chi connectivity index (χ2n) is 9.51. The first-order chi connectivity index (χ1) is 17.6. The number of hydrogen-bond acceptors (Lipinski definition) is 7. The van der Waals surface area contributed by atoms with E-state index in [1.807, 2.05) is 11.4 Å². The van der Waals surface area contributed by atoms with Crippen LogP contribution in [0.5, 0.6) is 5.75 Å². The van der Waals surface area contributed by atoms with Crippen LogP contribution in [0.2, 0.25) is 0 Å². The molecule has 188 valence electrons. The van der Waals surface area contributed by atoms with Gasteiger partial charge in [-0.1, -0.05) is 25.3 Å². The third kappa shape index (κ3) is 5.41. The molecule has 1 saturated heterocycles. The highest BCUT2D eigenvalue weighted by atomic mass is 32.1. The first-order valence-corrected chi connectivity index (χ1v) is 13.5. The molecule has 2 aromatic heterocycles. The Morgan fingerprint density at radius 1 is 1.11 bits per heavy atom. The van der Waals surface area contributed by atoms with Gasteiger partial charge in [-0.2, -0.15) is 0 Å². The summed E-state index contributed by atoms with van der Waals surface area (Å²) in [6.07, 6.45) is 10.7. The van der Waals surface area contributed by atoms with Crippen molar-refractivity contribution in [3.05, 3.63) is 53.4 Å². The van der Waals surface area contributed by atoms with Crippen LogP contribution in [0.1, 0.15) is 66.9 Å². The Labute approximate surface area is 215 Å². The zero-order valence-corrected chi connectivity index (χ0v) is 21.3. The Morgan fingerprint density at radius 3 is 2.75 bits per heavy atom. The first-order valence-electron chi connectivity index (χ1n) is 12.6. The molecule has 1 aliphatic carbocycles. The molecule has 1 aromatic carbocycles. The summed E-state index contributed by atoms with van der Waals surface area (Å²) >= 11 is 1.41. The number of methoxy groups -OCH3 is 1. The number of piperidine rings is 1. The standard InChI is InChI=1S/C27H31N5O3S/c1-35-24-10-9-19(18-6-3-2-4-7-18)14-21(24)23-16-36-27(30-23)31-25(33)20-8-5-13-32(15-20)26(34)22-11-12-28-17-29-22/h9-12,14,16-18,20H,2-8,13,15H2,1H3,(H,30,31,33). The van der Waals surface area contributed by atoms with Gasteiger partial charge in [0, 0.05) is 30.2 Å². The third-order valence-electron chi connectivity index (χ3n) is 7.19. The normalized spacial score (nSPS) is 18.6. The minimum absolute atomic E-state index is 0.112. The van der Waals surface area contributed by atoms with Gasteiger partial charge in [0.15, 0.2) is 5.13 Å². The van der Waals surface area contributed by atoms with Crippen LogP contribution >= 0.6 is 11.3 Å². The molecule has 1 aliphatic heterocycles. The van der Waals surface area contributed by atoms with Gasteiger partial charge in [-0.05, 0) is 55.4 Å². The Morgan fingerprint density at radius 2 is 1.97 bits per heavy atom. The fraction of sp³-hybridized carbons (Fsp3) is 0.444. The molecule has 36 heavy (non-hydrogen) atoms.